The van der Waals surface area contributed by atoms with Gasteiger partial charge >= 0.3 is 6.03 Å². The Morgan fingerprint density at radius 1 is 1.12 bits per heavy atom. The van der Waals surface area contributed by atoms with Crippen LogP contribution in [0.5, 0.6) is 0 Å². The molecule has 0 aromatic heterocycles. The van der Waals surface area contributed by atoms with Crippen LogP contribution >= 0.6 is 0 Å². The highest BCUT2D eigenvalue weighted by molar-refractivity contribution is 5.89. The molecule has 1 aromatic carbocycles. The number of amides is 2. The second kappa shape index (κ2) is 6.28. The zero-order chi connectivity index (χ0) is 12.8. The fourth-order valence-electron chi connectivity index (χ4n) is 1.42. The Labute approximate surface area is 104 Å². The zero-order valence-electron chi connectivity index (χ0n) is 11.1. The second-order valence-electron chi connectivity index (χ2n) is 5.01. The van der Waals surface area contributed by atoms with E-state index in [9.17, 15) is 4.79 Å². The molecule has 17 heavy (non-hydrogen) atoms. The van der Waals surface area contributed by atoms with Crippen molar-refractivity contribution in [3.63, 3.8) is 0 Å². The number of carbonyl (C=O) groups is 1. The molecule has 0 aliphatic heterocycles. The molecular formula is C14H22N2O. The summed E-state index contributed by atoms with van der Waals surface area (Å²) in [5.41, 5.74) is 2.11. The van der Waals surface area contributed by atoms with Crippen LogP contribution in [0.4, 0.5) is 10.5 Å². The van der Waals surface area contributed by atoms with Gasteiger partial charge in [-0.05, 0) is 29.5 Å². The van der Waals surface area contributed by atoms with Crippen LogP contribution in [0.2, 0.25) is 0 Å². The molecular weight excluding hydrogens is 212 g/mol. The molecule has 0 aliphatic carbocycles. The van der Waals surface area contributed by atoms with Gasteiger partial charge in [-0.2, -0.15) is 0 Å². The van der Waals surface area contributed by atoms with E-state index in [4.69, 9.17) is 0 Å². The number of nitrogens with one attached hydrogen (secondary N) is 2. The third-order valence-corrected chi connectivity index (χ3v) is 2.51. The smallest absolute Gasteiger partial charge is 0.319 e. The number of urea groups is 1. The normalized spacial score (nSPS) is 10.7. The summed E-state index contributed by atoms with van der Waals surface area (Å²) in [5, 5.41) is 5.63. The predicted octanol–water partition coefficient (Wildman–Crippen LogP) is 3.59. The predicted molar refractivity (Wildman–Crippen MR) is 72.4 cm³/mol. The maximum Gasteiger partial charge on any atom is 0.319 e. The lowest BCUT2D eigenvalue weighted by Crippen LogP contribution is -2.31. The number of benzene rings is 1. The Hall–Kier alpha value is -1.51. The molecule has 0 heterocycles. The minimum atomic E-state index is -0.143. The van der Waals surface area contributed by atoms with Crippen molar-refractivity contribution in [2.75, 3.05) is 11.9 Å². The summed E-state index contributed by atoms with van der Waals surface area (Å²) >= 11 is 0. The fraction of sp³-hybridized carbons (Fsp3) is 0.500. The number of rotatable bonds is 4. The largest absolute Gasteiger partial charge is 0.338 e. The summed E-state index contributed by atoms with van der Waals surface area (Å²) in [5.74, 6) is 0.975. The van der Waals surface area contributed by atoms with Crippen LogP contribution in [0.15, 0.2) is 24.3 Å². The third-order valence-electron chi connectivity index (χ3n) is 2.51. The maximum absolute atomic E-state index is 11.5. The van der Waals surface area contributed by atoms with Gasteiger partial charge in [0.15, 0.2) is 0 Å². The van der Waals surface area contributed by atoms with Crippen LogP contribution in [0, 0.1) is 5.92 Å². The van der Waals surface area contributed by atoms with Gasteiger partial charge < -0.3 is 10.6 Å². The van der Waals surface area contributed by atoms with E-state index in [1.807, 2.05) is 24.3 Å². The van der Waals surface area contributed by atoms with Crippen molar-refractivity contribution in [1.82, 2.24) is 5.32 Å². The van der Waals surface area contributed by atoms with Gasteiger partial charge in [0.05, 0.1) is 0 Å². The topological polar surface area (TPSA) is 41.1 Å². The molecule has 0 unspecified atom stereocenters. The molecule has 0 aliphatic rings. The SMILES string of the molecule is CC(C)CNC(=O)Nc1ccc(C(C)C)cc1. The Bertz CT molecular complexity index is 355. The standard InChI is InChI=1S/C14H22N2O/c1-10(2)9-15-14(17)16-13-7-5-12(6-8-13)11(3)4/h5-8,10-11H,9H2,1-4H3,(H2,15,16,17). The number of hydrogen-bond acceptors (Lipinski definition) is 1. The molecule has 2 N–H and O–H groups in total. The molecule has 3 heteroatoms. The lowest BCUT2D eigenvalue weighted by atomic mass is 10.0. The van der Waals surface area contributed by atoms with Gasteiger partial charge in [-0.25, -0.2) is 4.79 Å². The lowest BCUT2D eigenvalue weighted by molar-refractivity contribution is 0.251. The molecule has 1 aromatic rings. The minimum absolute atomic E-state index is 0.143. The van der Waals surface area contributed by atoms with Crippen molar-refractivity contribution in [2.45, 2.75) is 33.6 Å². The molecule has 0 saturated heterocycles. The monoisotopic (exact) mass is 234 g/mol. The molecule has 1 rings (SSSR count). The molecule has 94 valence electrons. The Morgan fingerprint density at radius 3 is 2.18 bits per heavy atom. The Morgan fingerprint density at radius 2 is 1.71 bits per heavy atom. The second-order valence-corrected chi connectivity index (χ2v) is 5.01. The van der Waals surface area contributed by atoms with E-state index in [1.165, 1.54) is 5.56 Å². The average molecular weight is 234 g/mol. The average Bonchev–Trinajstić information content (AvgIpc) is 2.27. The number of carbonyl (C=O) groups excluding carboxylic acids is 1. The van der Waals surface area contributed by atoms with E-state index in [-0.39, 0.29) is 6.03 Å². The quantitative estimate of drug-likeness (QED) is 0.821. The minimum Gasteiger partial charge on any atom is -0.338 e. The van der Waals surface area contributed by atoms with E-state index in [0.717, 1.165) is 5.69 Å². The van der Waals surface area contributed by atoms with Crippen molar-refractivity contribution >= 4 is 11.7 Å². The van der Waals surface area contributed by atoms with Gasteiger partial charge in [0.1, 0.15) is 0 Å². The molecule has 0 spiro atoms. The summed E-state index contributed by atoms with van der Waals surface area (Å²) < 4.78 is 0. The van der Waals surface area contributed by atoms with E-state index in [0.29, 0.717) is 18.4 Å². The Kier molecular flexibility index (Phi) is 5.01. The first-order valence-corrected chi connectivity index (χ1v) is 6.14. The first kappa shape index (κ1) is 13.6. The summed E-state index contributed by atoms with van der Waals surface area (Å²) in [6.45, 7) is 9.13. The molecule has 0 saturated carbocycles. The van der Waals surface area contributed by atoms with Crippen LogP contribution < -0.4 is 10.6 Å². The van der Waals surface area contributed by atoms with E-state index >= 15 is 0 Å². The van der Waals surface area contributed by atoms with Gasteiger partial charge in [-0.3, -0.25) is 0 Å². The van der Waals surface area contributed by atoms with Gasteiger partial charge in [0.2, 0.25) is 0 Å². The highest BCUT2D eigenvalue weighted by atomic mass is 16.2. The molecule has 0 atom stereocenters. The van der Waals surface area contributed by atoms with Gasteiger partial charge in [-0.15, -0.1) is 0 Å². The van der Waals surface area contributed by atoms with Gasteiger partial charge in [0, 0.05) is 12.2 Å². The van der Waals surface area contributed by atoms with Crippen LogP contribution in [0.3, 0.4) is 0 Å². The van der Waals surface area contributed by atoms with Crippen molar-refractivity contribution in [3.8, 4) is 0 Å². The highest BCUT2D eigenvalue weighted by Gasteiger charge is 2.03. The van der Waals surface area contributed by atoms with Gasteiger partial charge in [0.25, 0.3) is 0 Å². The van der Waals surface area contributed by atoms with Crippen molar-refractivity contribution in [1.29, 1.82) is 0 Å². The lowest BCUT2D eigenvalue weighted by Gasteiger charge is -2.10. The molecule has 2 amide bonds. The van der Waals surface area contributed by atoms with Crippen molar-refractivity contribution in [3.05, 3.63) is 29.8 Å². The highest BCUT2D eigenvalue weighted by Crippen LogP contribution is 2.16. The van der Waals surface area contributed by atoms with Crippen molar-refractivity contribution < 1.29 is 4.79 Å². The third kappa shape index (κ3) is 4.89. The summed E-state index contributed by atoms with van der Waals surface area (Å²) in [7, 11) is 0. The van der Waals surface area contributed by atoms with Crippen LogP contribution in [-0.4, -0.2) is 12.6 Å². The van der Waals surface area contributed by atoms with Crippen LogP contribution in [0.1, 0.15) is 39.2 Å². The molecule has 0 bridgehead atoms. The summed E-state index contributed by atoms with van der Waals surface area (Å²) in [4.78, 5) is 11.5. The first-order chi connectivity index (χ1) is 7.99. The molecule has 3 nitrogen and oxygen atoms in total. The Balaban J connectivity index is 2.48. The van der Waals surface area contributed by atoms with Crippen molar-refractivity contribution in [2.24, 2.45) is 5.92 Å². The fourth-order valence-corrected chi connectivity index (χ4v) is 1.42. The molecule has 0 fully saturated rings. The van der Waals surface area contributed by atoms with Gasteiger partial charge in [-0.1, -0.05) is 39.8 Å². The maximum atomic E-state index is 11.5. The molecule has 0 radical (unpaired) electrons. The van der Waals surface area contributed by atoms with E-state index in [1.54, 1.807) is 0 Å². The summed E-state index contributed by atoms with van der Waals surface area (Å²) in [6, 6.07) is 7.82. The van der Waals surface area contributed by atoms with Crippen LogP contribution in [-0.2, 0) is 0 Å². The van der Waals surface area contributed by atoms with Crippen LogP contribution in [0.25, 0.3) is 0 Å². The summed E-state index contributed by atoms with van der Waals surface area (Å²) in [6.07, 6.45) is 0. The number of anilines is 1. The first-order valence-electron chi connectivity index (χ1n) is 6.14. The van der Waals surface area contributed by atoms with E-state index in [2.05, 4.69) is 38.3 Å². The number of hydrogen-bond donors (Lipinski definition) is 2. The zero-order valence-corrected chi connectivity index (χ0v) is 11.1. The van der Waals surface area contributed by atoms with E-state index < -0.39 is 0 Å².